The third-order valence-corrected chi connectivity index (χ3v) is 4.63. The second-order valence-electron chi connectivity index (χ2n) is 5.78. The Labute approximate surface area is 122 Å². The highest BCUT2D eigenvalue weighted by molar-refractivity contribution is 6.31. The van der Waals surface area contributed by atoms with Crippen LogP contribution < -0.4 is 5.73 Å². The van der Waals surface area contributed by atoms with E-state index in [4.69, 9.17) is 22.1 Å². The van der Waals surface area contributed by atoms with E-state index in [1.807, 2.05) is 0 Å². The van der Waals surface area contributed by atoms with Crippen LogP contribution in [0.1, 0.15) is 24.8 Å². The van der Waals surface area contributed by atoms with Crippen molar-refractivity contribution in [2.75, 3.05) is 6.61 Å². The lowest BCUT2D eigenvalue weighted by Gasteiger charge is -2.30. The van der Waals surface area contributed by atoms with E-state index in [1.165, 1.54) is 6.07 Å². The predicted molar refractivity (Wildman–Crippen MR) is 75.8 cm³/mol. The Hall–Kier alpha value is -1.17. The minimum atomic E-state index is -0.545. The molecule has 0 radical (unpaired) electrons. The van der Waals surface area contributed by atoms with Crippen LogP contribution in [0.25, 0.3) is 0 Å². The molecule has 0 amide bonds. The first-order valence-electron chi connectivity index (χ1n) is 6.83. The molecule has 5 nitrogen and oxygen atoms in total. The van der Waals surface area contributed by atoms with E-state index in [9.17, 15) is 10.1 Å². The van der Waals surface area contributed by atoms with Gasteiger partial charge in [-0.1, -0.05) is 17.7 Å². The average Bonchev–Trinajstić information content (AvgIpc) is 3.15. The number of hydrogen-bond donors (Lipinski definition) is 1. The number of benzene rings is 1. The van der Waals surface area contributed by atoms with Crippen LogP contribution in [-0.2, 0) is 11.2 Å². The van der Waals surface area contributed by atoms with Crippen molar-refractivity contribution in [3.8, 4) is 0 Å². The maximum atomic E-state index is 11.2. The van der Waals surface area contributed by atoms with Gasteiger partial charge in [0.05, 0.1) is 21.6 Å². The second kappa shape index (κ2) is 4.98. The largest absolute Gasteiger partial charge is 0.376 e. The van der Waals surface area contributed by atoms with Crippen molar-refractivity contribution in [1.82, 2.24) is 0 Å². The lowest BCUT2D eigenvalue weighted by molar-refractivity contribution is -0.385. The lowest BCUT2D eigenvalue weighted by Crippen LogP contribution is -2.50. The first-order chi connectivity index (χ1) is 9.51. The van der Waals surface area contributed by atoms with Gasteiger partial charge in [0.15, 0.2) is 0 Å². The monoisotopic (exact) mass is 296 g/mol. The molecule has 2 unspecified atom stereocenters. The summed E-state index contributed by atoms with van der Waals surface area (Å²) in [6.45, 7) is 0.621. The molecule has 0 bridgehead atoms. The first-order valence-corrected chi connectivity index (χ1v) is 7.21. The Balaban J connectivity index is 1.92. The fourth-order valence-corrected chi connectivity index (χ4v) is 3.34. The maximum Gasteiger partial charge on any atom is 0.274 e. The smallest absolute Gasteiger partial charge is 0.274 e. The van der Waals surface area contributed by atoms with Gasteiger partial charge in [0.25, 0.3) is 5.69 Å². The Morgan fingerprint density at radius 1 is 1.50 bits per heavy atom. The zero-order chi connectivity index (χ0) is 14.3. The summed E-state index contributed by atoms with van der Waals surface area (Å²) in [5.74, 6) is 0.504. The van der Waals surface area contributed by atoms with E-state index in [2.05, 4.69) is 0 Å². The molecule has 2 atom stereocenters. The van der Waals surface area contributed by atoms with E-state index in [1.54, 1.807) is 12.1 Å². The molecule has 1 aliphatic heterocycles. The van der Waals surface area contributed by atoms with Gasteiger partial charge in [-0.2, -0.15) is 0 Å². The first kappa shape index (κ1) is 13.8. The quantitative estimate of drug-likeness (QED) is 0.684. The van der Waals surface area contributed by atoms with Crippen molar-refractivity contribution in [3.63, 3.8) is 0 Å². The van der Waals surface area contributed by atoms with Crippen LogP contribution in [0.2, 0.25) is 5.02 Å². The van der Waals surface area contributed by atoms with Crippen molar-refractivity contribution < 1.29 is 9.66 Å². The van der Waals surface area contributed by atoms with Gasteiger partial charge in [-0.05, 0) is 31.2 Å². The van der Waals surface area contributed by atoms with Gasteiger partial charge in [0, 0.05) is 24.6 Å². The molecule has 3 rings (SSSR count). The standard InChI is InChI=1S/C14H17ClN2O3/c15-11-2-1-3-12(17(18)19)10(11)8-14(16)6-7-20-13(14)9-4-5-9/h1-3,9,13H,4-8,16H2. The van der Waals surface area contributed by atoms with Crippen LogP contribution in [0.3, 0.4) is 0 Å². The Morgan fingerprint density at radius 2 is 2.25 bits per heavy atom. The van der Waals surface area contributed by atoms with Crippen molar-refractivity contribution in [2.24, 2.45) is 11.7 Å². The summed E-state index contributed by atoms with van der Waals surface area (Å²) >= 11 is 6.16. The normalized spacial score (nSPS) is 29.6. The van der Waals surface area contributed by atoms with Gasteiger partial charge in [-0.3, -0.25) is 10.1 Å². The van der Waals surface area contributed by atoms with Gasteiger partial charge < -0.3 is 10.5 Å². The van der Waals surface area contributed by atoms with Gasteiger partial charge >= 0.3 is 0 Å². The predicted octanol–water partition coefficient (Wildman–Crippen LogP) is 2.69. The van der Waals surface area contributed by atoms with Crippen molar-refractivity contribution in [1.29, 1.82) is 0 Å². The summed E-state index contributed by atoms with van der Waals surface area (Å²) in [6, 6.07) is 4.75. The number of nitrogens with two attached hydrogens (primary N) is 1. The van der Waals surface area contributed by atoms with Gasteiger partial charge in [0.1, 0.15) is 0 Å². The van der Waals surface area contributed by atoms with E-state index in [0.29, 0.717) is 29.5 Å². The molecule has 0 spiro atoms. The summed E-state index contributed by atoms with van der Waals surface area (Å²) in [7, 11) is 0. The molecule has 1 saturated heterocycles. The van der Waals surface area contributed by atoms with Crippen LogP contribution in [-0.4, -0.2) is 23.2 Å². The van der Waals surface area contributed by atoms with Crippen LogP contribution in [0, 0.1) is 16.0 Å². The SMILES string of the molecule is NC1(Cc2c(Cl)cccc2[N+](=O)[O-])CCOC1C1CC1. The number of hydrogen-bond acceptors (Lipinski definition) is 4. The number of nitrogens with zero attached hydrogens (tertiary/aromatic N) is 1. The molecule has 0 aromatic heterocycles. The fraction of sp³-hybridized carbons (Fsp3) is 0.571. The number of nitro groups is 1. The molecule has 1 aliphatic carbocycles. The van der Waals surface area contributed by atoms with E-state index < -0.39 is 10.5 Å². The van der Waals surface area contributed by atoms with Crippen molar-refractivity contribution in [3.05, 3.63) is 38.9 Å². The molecule has 1 heterocycles. The van der Waals surface area contributed by atoms with E-state index in [0.717, 1.165) is 19.3 Å². The van der Waals surface area contributed by atoms with Gasteiger partial charge in [-0.15, -0.1) is 0 Å². The van der Waals surface area contributed by atoms with Crippen molar-refractivity contribution >= 4 is 17.3 Å². The maximum absolute atomic E-state index is 11.2. The number of nitro benzene ring substituents is 1. The molecule has 2 aliphatic rings. The summed E-state index contributed by atoms with van der Waals surface area (Å²) in [6.07, 6.45) is 3.38. The summed E-state index contributed by atoms with van der Waals surface area (Å²) in [5.41, 5.74) is 6.53. The van der Waals surface area contributed by atoms with E-state index in [-0.39, 0.29) is 11.8 Å². The molecule has 108 valence electrons. The molecule has 6 heteroatoms. The highest BCUT2D eigenvalue weighted by Crippen LogP contribution is 2.44. The molecule has 2 fully saturated rings. The average molecular weight is 297 g/mol. The van der Waals surface area contributed by atoms with Crippen LogP contribution >= 0.6 is 11.6 Å². The highest BCUT2D eigenvalue weighted by Gasteiger charge is 2.49. The third kappa shape index (κ3) is 2.41. The van der Waals surface area contributed by atoms with Crippen LogP contribution in [0.15, 0.2) is 18.2 Å². The lowest BCUT2D eigenvalue weighted by atomic mass is 9.83. The second-order valence-corrected chi connectivity index (χ2v) is 6.19. The molecule has 1 saturated carbocycles. The zero-order valence-electron chi connectivity index (χ0n) is 11.0. The van der Waals surface area contributed by atoms with Gasteiger partial charge in [-0.25, -0.2) is 0 Å². The summed E-state index contributed by atoms with van der Waals surface area (Å²) < 4.78 is 5.77. The minimum absolute atomic E-state index is 0.00150. The Bertz CT molecular complexity index is 547. The molecule has 1 aromatic rings. The van der Waals surface area contributed by atoms with Gasteiger partial charge in [0.2, 0.25) is 0 Å². The fourth-order valence-electron chi connectivity index (χ4n) is 3.10. The molecular weight excluding hydrogens is 280 g/mol. The third-order valence-electron chi connectivity index (χ3n) is 4.28. The summed E-state index contributed by atoms with van der Waals surface area (Å²) in [5, 5.41) is 11.6. The molecular formula is C14H17ClN2O3. The Morgan fingerprint density at radius 3 is 2.90 bits per heavy atom. The highest BCUT2D eigenvalue weighted by atomic mass is 35.5. The van der Waals surface area contributed by atoms with Crippen LogP contribution in [0.5, 0.6) is 0 Å². The number of halogens is 1. The summed E-state index contributed by atoms with van der Waals surface area (Å²) in [4.78, 5) is 10.8. The van der Waals surface area contributed by atoms with Crippen molar-refractivity contribution in [2.45, 2.75) is 37.3 Å². The molecule has 2 N–H and O–H groups in total. The Kier molecular flexibility index (Phi) is 3.44. The molecule has 20 heavy (non-hydrogen) atoms. The topological polar surface area (TPSA) is 78.4 Å². The number of rotatable bonds is 4. The van der Waals surface area contributed by atoms with Crippen LogP contribution in [0.4, 0.5) is 5.69 Å². The minimum Gasteiger partial charge on any atom is -0.376 e. The number of ether oxygens (including phenoxy) is 1. The molecule has 1 aromatic carbocycles. The zero-order valence-corrected chi connectivity index (χ0v) is 11.8. The van der Waals surface area contributed by atoms with E-state index >= 15 is 0 Å².